The minimum Gasteiger partial charge on any atom is -0.317 e. The summed E-state index contributed by atoms with van der Waals surface area (Å²) in [6.07, 6.45) is 11.8. The number of aldehydes is 1. The molecule has 196 valence electrons. The number of hydrogen-bond acceptors (Lipinski definition) is 4. The van der Waals surface area contributed by atoms with Crippen LogP contribution >= 0.6 is 11.6 Å². The molecule has 3 heterocycles. The number of hydrogen-bond donors (Lipinski definition) is 1. The molecule has 0 atom stereocenters. The van der Waals surface area contributed by atoms with Crippen molar-refractivity contribution in [2.75, 3.05) is 38.1 Å². The van der Waals surface area contributed by atoms with Crippen molar-refractivity contribution in [1.29, 1.82) is 0 Å². The van der Waals surface area contributed by atoms with Gasteiger partial charge in [-0.1, -0.05) is 49.1 Å². The standard InChI is InChI=1S/C31H39ClN4O/c1-33-30-31(14-3-2-4-15-31)26-9-8-23(22-12-18-35(19-13-22)24-10-16-34-17-11-24)20-29(26)36(30)28-7-5-6-27(32)25(28)21-37/h5-9,20-22,24,34H,2-4,10-19H2,1H3. The van der Waals surface area contributed by atoms with Crippen LogP contribution in [0.2, 0.25) is 5.02 Å². The number of nitrogens with one attached hydrogen (secondary N) is 1. The van der Waals surface area contributed by atoms with Gasteiger partial charge in [0.2, 0.25) is 0 Å². The topological polar surface area (TPSA) is 47.9 Å². The van der Waals surface area contributed by atoms with E-state index in [-0.39, 0.29) is 5.41 Å². The third kappa shape index (κ3) is 4.33. The number of aliphatic imine (C=N–C) groups is 1. The summed E-state index contributed by atoms with van der Waals surface area (Å²) in [5.41, 5.74) is 5.31. The number of piperidine rings is 2. The Morgan fingerprint density at radius 2 is 1.76 bits per heavy atom. The summed E-state index contributed by atoms with van der Waals surface area (Å²) in [6.45, 7) is 4.68. The highest BCUT2D eigenvalue weighted by molar-refractivity contribution is 6.34. The monoisotopic (exact) mass is 518 g/mol. The summed E-state index contributed by atoms with van der Waals surface area (Å²) in [5.74, 6) is 1.64. The highest BCUT2D eigenvalue weighted by atomic mass is 35.5. The second-order valence-electron chi connectivity index (χ2n) is 11.4. The molecule has 1 N–H and O–H groups in total. The Morgan fingerprint density at radius 1 is 1.00 bits per heavy atom. The Balaban J connectivity index is 1.37. The van der Waals surface area contributed by atoms with E-state index in [0.29, 0.717) is 16.5 Å². The molecule has 1 spiro atoms. The largest absolute Gasteiger partial charge is 0.317 e. The van der Waals surface area contributed by atoms with Crippen LogP contribution in [0.3, 0.4) is 0 Å². The van der Waals surface area contributed by atoms with Crippen LogP contribution in [0.15, 0.2) is 41.4 Å². The van der Waals surface area contributed by atoms with Crippen LogP contribution in [0.4, 0.5) is 11.4 Å². The molecule has 6 heteroatoms. The van der Waals surface area contributed by atoms with Crippen molar-refractivity contribution in [3.05, 3.63) is 58.1 Å². The van der Waals surface area contributed by atoms with Crippen LogP contribution in [0.5, 0.6) is 0 Å². The van der Waals surface area contributed by atoms with Crippen LogP contribution in [-0.2, 0) is 5.41 Å². The molecule has 2 saturated heterocycles. The zero-order chi connectivity index (χ0) is 25.4. The van der Waals surface area contributed by atoms with E-state index in [1.807, 2.05) is 19.2 Å². The SMILES string of the molecule is CN=C1N(c2cccc(Cl)c2C=O)c2cc(C3CCN(C4CCNCC4)CC3)ccc2C12CCCCC2. The van der Waals surface area contributed by atoms with Crippen molar-refractivity contribution in [2.45, 2.75) is 75.2 Å². The lowest BCUT2D eigenvalue weighted by atomic mass is 9.69. The summed E-state index contributed by atoms with van der Waals surface area (Å²) in [7, 11) is 1.91. The first-order chi connectivity index (χ1) is 18.2. The van der Waals surface area contributed by atoms with Crippen molar-refractivity contribution in [3.63, 3.8) is 0 Å². The molecular weight excluding hydrogens is 480 g/mol. The van der Waals surface area contributed by atoms with Crippen molar-refractivity contribution in [3.8, 4) is 0 Å². The highest BCUT2D eigenvalue weighted by Gasteiger charge is 2.50. The molecule has 5 nitrogen and oxygen atoms in total. The quantitative estimate of drug-likeness (QED) is 0.471. The van der Waals surface area contributed by atoms with E-state index in [2.05, 4.69) is 33.3 Å². The molecule has 2 aromatic rings. The molecule has 4 aliphatic rings. The lowest BCUT2D eigenvalue weighted by Crippen LogP contribution is -2.46. The summed E-state index contributed by atoms with van der Waals surface area (Å²) < 4.78 is 0. The maximum Gasteiger partial charge on any atom is 0.153 e. The van der Waals surface area contributed by atoms with Gasteiger partial charge in [-0.05, 0) is 99.9 Å². The Bertz CT molecular complexity index is 1170. The molecule has 0 unspecified atom stereocenters. The number of amidine groups is 1. The molecule has 0 radical (unpaired) electrons. The van der Waals surface area contributed by atoms with E-state index in [4.69, 9.17) is 16.6 Å². The second kappa shape index (κ2) is 10.5. The fourth-order valence-electron chi connectivity index (χ4n) is 7.65. The molecule has 0 amide bonds. The zero-order valence-electron chi connectivity index (χ0n) is 22.0. The maximum atomic E-state index is 12.2. The van der Waals surface area contributed by atoms with Crippen LogP contribution in [-0.4, -0.2) is 56.3 Å². The van der Waals surface area contributed by atoms with E-state index < -0.39 is 0 Å². The Kier molecular flexibility index (Phi) is 7.13. The number of halogens is 1. The van der Waals surface area contributed by atoms with E-state index in [0.717, 1.165) is 49.8 Å². The van der Waals surface area contributed by atoms with Crippen LogP contribution in [0.25, 0.3) is 0 Å². The number of carbonyl (C=O) groups excluding carboxylic acids is 1. The van der Waals surface area contributed by atoms with Gasteiger partial charge < -0.3 is 10.2 Å². The van der Waals surface area contributed by atoms with Crippen LogP contribution in [0, 0.1) is 0 Å². The highest BCUT2D eigenvalue weighted by Crippen LogP contribution is 2.54. The van der Waals surface area contributed by atoms with Crippen molar-refractivity contribution >= 4 is 35.1 Å². The smallest absolute Gasteiger partial charge is 0.153 e. The third-order valence-electron chi connectivity index (χ3n) is 9.55. The number of fused-ring (bicyclic) bond motifs is 2. The van der Waals surface area contributed by atoms with Gasteiger partial charge in [-0.25, -0.2) is 0 Å². The molecule has 0 aromatic heterocycles. The molecule has 3 aliphatic heterocycles. The maximum absolute atomic E-state index is 12.2. The minimum absolute atomic E-state index is 0.0816. The summed E-state index contributed by atoms with van der Waals surface area (Å²) in [4.78, 5) is 22.1. The number of benzene rings is 2. The van der Waals surface area contributed by atoms with E-state index >= 15 is 0 Å². The number of nitrogens with zero attached hydrogens (tertiary/aromatic N) is 3. The first-order valence-corrected chi connectivity index (χ1v) is 14.6. The molecule has 0 bridgehead atoms. The van der Waals surface area contributed by atoms with Gasteiger partial charge in [-0.3, -0.25) is 14.7 Å². The van der Waals surface area contributed by atoms with Gasteiger partial charge in [0, 0.05) is 13.1 Å². The van der Waals surface area contributed by atoms with Gasteiger partial charge in [0.1, 0.15) is 5.84 Å². The van der Waals surface area contributed by atoms with E-state index in [9.17, 15) is 4.79 Å². The van der Waals surface area contributed by atoms with Crippen molar-refractivity contribution in [2.24, 2.45) is 4.99 Å². The molecule has 37 heavy (non-hydrogen) atoms. The van der Waals surface area contributed by atoms with Gasteiger partial charge >= 0.3 is 0 Å². The van der Waals surface area contributed by atoms with Gasteiger partial charge in [-0.15, -0.1) is 0 Å². The molecule has 2 aromatic carbocycles. The predicted octanol–water partition coefficient (Wildman–Crippen LogP) is 6.47. The van der Waals surface area contributed by atoms with Gasteiger partial charge in [0.15, 0.2) is 6.29 Å². The fourth-order valence-corrected chi connectivity index (χ4v) is 7.87. The fraction of sp³-hybridized carbons (Fsp3) is 0.548. The zero-order valence-corrected chi connectivity index (χ0v) is 22.8. The Hall–Kier alpha value is -2.21. The third-order valence-corrected chi connectivity index (χ3v) is 9.88. The number of rotatable bonds is 4. The Morgan fingerprint density at radius 3 is 2.46 bits per heavy atom. The summed E-state index contributed by atoms with van der Waals surface area (Å²) in [5, 5.41) is 4.00. The summed E-state index contributed by atoms with van der Waals surface area (Å²) in [6, 6.07) is 13.7. The lowest BCUT2D eigenvalue weighted by Gasteiger charge is -2.39. The van der Waals surface area contributed by atoms with Crippen LogP contribution in [0.1, 0.15) is 85.2 Å². The summed E-state index contributed by atoms with van der Waals surface area (Å²) >= 11 is 6.53. The van der Waals surface area contributed by atoms with Crippen molar-refractivity contribution in [1.82, 2.24) is 10.2 Å². The molecule has 6 rings (SSSR count). The average molecular weight is 519 g/mol. The Labute approximate surface area is 226 Å². The van der Waals surface area contributed by atoms with Gasteiger partial charge in [0.05, 0.1) is 27.4 Å². The lowest BCUT2D eigenvalue weighted by molar-refractivity contribution is 0.112. The number of carbonyl (C=O) groups is 1. The number of anilines is 2. The predicted molar refractivity (Wildman–Crippen MR) is 153 cm³/mol. The average Bonchev–Trinajstić information content (AvgIpc) is 3.21. The molecular formula is C31H39ClN4O. The first kappa shape index (κ1) is 25.1. The van der Waals surface area contributed by atoms with Gasteiger partial charge in [0.25, 0.3) is 0 Å². The minimum atomic E-state index is -0.0816. The normalized spacial score (nSPS) is 24.1. The molecule has 3 fully saturated rings. The number of likely N-dealkylation sites (tertiary alicyclic amines) is 1. The van der Waals surface area contributed by atoms with E-state index in [1.54, 1.807) is 6.07 Å². The molecule has 1 aliphatic carbocycles. The molecule has 1 saturated carbocycles. The van der Waals surface area contributed by atoms with E-state index in [1.165, 1.54) is 74.8 Å². The second-order valence-corrected chi connectivity index (χ2v) is 11.8. The van der Waals surface area contributed by atoms with Crippen molar-refractivity contribution < 1.29 is 4.79 Å². The van der Waals surface area contributed by atoms with Crippen LogP contribution < -0.4 is 10.2 Å². The first-order valence-electron chi connectivity index (χ1n) is 14.3. The van der Waals surface area contributed by atoms with Gasteiger partial charge in [-0.2, -0.15) is 0 Å².